The zero-order chi connectivity index (χ0) is 16.8. The lowest BCUT2D eigenvalue weighted by Gasteiger charge is -2.36. The van der Waals surface area contributed by atoms with Crippen LogP contribution < -0.4 is 0 Å². The third kappa shape index (κ3) is 5.78. The van der Waals surface area contributed by atoms with E-state index < -0.39 is 0 Å². The van der Waals surface area contributed by atoms with Gasteiger partial charge in [-0.15, -0.1) is 0 Å². The van der Waals surface area contributed by atoms with E-state index in [4.69, 9.17) is 9.84 Å². The lowest BCUT2D eigenvalue weighted by atomic mass is 9.95. The lowest BCUT2D eigenvalue weighted by molar-refractivity contribution is -0.125. The molecule has 1 heterocycles. The van der Waals surface area contributed by atoms with Gasteiger partial charge in [0, 0.05) is 51.7 Å². The molecule has 1 aliphatic heterocycles. The highest BCUT2D eigenvalue weighted by Crippen LogP contribution is 2.33. The molecule has 0 spiro atoms. The van der Waals surface area contributed by atoms with Gasteiger partial charge in [0.05, 0.1) is 6.04 Å². The molecule has 0 saturated carbocycles. The molecule has 0 aromatic heterocycles. The van der Waals surface area contributed by atoms with Crippen LogP contribution in [0.3, 0.4) is 0 Å². The van der Waals surface area contributed by atoms with Crippen LogP contribution >= 0.6 is 0 Å². The third-order valence-electron chi connectivity index (χ3n) is 4.30. The number of carbonyl (C=O) groups excluding carboxylic acids is 2. The molecular formula is C17H31NO4. The number of ketones is 2. The molecule has 0 radical (unpaired) electrons. The van der Waals surface area contributed by atoms with Crippen molar-refractivity contribution in [1.82, 2.24) is 4.90 Å². The maximum atomic E-state index is 12.5. The minimum Gasteiger partial charge on any atom is -0.396 e. The van der Waals surface area contributed by atoms with Crippen molar-refractivity contribution in [3.8, 4) is 0 Å². The Hall–Kier alpha value is -0.780. The molecular weight excluding hydrogens is 282 g/mol. The number of carbonyl (C=O) groups is 2. The molecule has 0 aromatic rings. The van der Waals surface area contributed by atoms with E-state index in [0.717, 1.165) is 19.4 Å². The molecule has 0 amide bonds. The number of ether oxygens (including phenoxy) is 1. The van der Waals surface area contributed by atoms with Crippen molar-refractivity contribution in [2.24, 2.45) is 5.92 Å². The number of hydrogen-bond acceptors (Lipinski definition) is 5. The topological polar surface area (TPSA) is 66.8 Å². The van der Waals surface area contributed by atoms with E-state index in [0.29, 0.717) is 19.4 Å². The average molecular weight is 313 g/mol. The van der Waals surface area contributed by atoms with Crippen LogP contribution in [0, 0.1) is 5.92 Å². The Morgan fingerprint density at radius 1 is 1.27 bits per heavy atom. The number of nitrogens with zero attached hydrogens (tertiary/aromatic N) is 1. The molecule has 1 fully saturated rings. The Morgan fingerprint density at radius 2 is 1.95 bits per heavy atom. The highest BCUT2D eigenvalue weighted by molar-refractivity contribution is 5.85. The van der Waals surface area contributed by atoms with Gasteiger partial charge < -0.3 is 9.84 Å². The summed E-state index contributed by atoms with van der Waals surface area (Å²) < 4.78 is 5.02. The second-order valence-corrected chi connectivity index (χ2v) is 7.22. The lowest BCUT2D eigenvalue weighted by Crippen LogP contribution is -2.48. The van der Waals surface area contributed by atoms with Gasteiger partial charge >= 0.3 is 0 Å². The predicted molar refractivity (Wildman–Crippen MR) is 85.8 cm³/mol. The Balaban J connectivity index is 2.67. The first-order valence-electron chi connectivity index (χ1n) is 8.20. The number of likely N-dealkylation sites (tertiary alicyclic amines) is 1. The van der Waals surface area contributed by atoms with Crippen LogP contribution in [0.15, 0.2) is 0 Å². The van der Waals surface area contributed by atoms with Gasteiger partial charge in [-0.05, 0) is 39.5 Å². The fourth-order valence-electron chi connectivity index (χ4n) is 3.22. The van der Waals surface area contributed by atoms with E-state index >= 15 is 0 Å². The summed E-state index contributed by atoms with van der Waals surface area (Å²) in [5.41, 5.74) is -0.0869. The van der Waals surface area contributed by atoms with Crippen LogP contribution in [0.2, 0.25) is 0 Å². The Bertz CT molecular complexity index is 375. The number of Topliss-reactive ketones (excluding diaryl/α,β-unsaturated/α-hetero) is 2. The molecule has 5 heteroatoms. The van der Waals surface area contributed by atoms with Gasteiger partial charge in [-0.1, -0.05) is 0 Å². The van der Waals surface area contributed by atoms with Crippen molar-refractivity contribution < 1.29 is 19.4 Å². The fraction of sp³-hybridized carbons (Fsp3) is 0.882. The molecule has 1 aliphatic rings. The molecule has 0 aliphatic carbocycles. The van der Waals surface area contributed by atoms with Gasteiger partial charge in [0.1, 0.15) is 11.6 Å². The minimum absolute atomic E-state index is 0.0869. The van der Waals surface area contributed by atoms with Crippen LogP contribution in [0.25, 0.3) is 0 Å². The van der Waals surface area contributed by atoms with Crippen molar-refractivity contribution in [2.75, 3.05) is 26.9 Å². The fourth-order valence-corrected chi connectivity index (χ4v) is 3.22. The number of rotatable bonds is 9. The monoisotopic (exact) mass is 313 g/mol. The zero-order valence-electron chi connectivity index (χ0n) is 14.4. The Labute approximate surface area is 134 Å². The van der Waals surface area contributed by atoms with Crippen LogP contribution in [0.4, 0.5) is 0 Å². The minimum atomic E-state index is -0.0937. The summed E-state index contributed by atoms with van der Waals surface area (Å²) in [6.07, 6.45) is 2.72. The first-order valence-corrected chi connectivity index (χ1v) is 8.20. The molecule has 0 bridgehead atoms. The number of methoxy groups -OCH3 is 1. The number of aliphatic hydroxyl groups is 1. The van der Waals surface area contributed by atoms with Gasteiger partial charge in [0.25, 0.3) is 0 Å². The van der Waals surface area contributed by atoms with E-state index in [-0.39, 0.29) is 42.1 Å². The van der Waals surface area contributed by atoms with Gasteiger partial charge in [-0.25, -0.2) is 0 Å². The van der Waals surface area contributed by atoms with Crippen molar-refractivity contribution in [3.63, 3.8) is 0 Å². The number of hydrogen-bond donors (Lipinski definition) is 1. The average Bonchev–Trinajstić information content (AvgIpc) is 2.83. The molecule has 0 aromatic carbocycles. The van der Waals surface area contributed by atoms with E-state index in [1.54, 1.807) is 7.11 Å². The first kappa shape index (κ1) is 19.3. The molecule has 1 N–H and O–H groups in total. The molecule has 1 saturated heterocycles. The van der Waals surface area contributed by atoms with Gasteiger partial charge in [-0.2, -0.15) is 0 Å². The summed E-state index contributed by atoms with van der Waals surface area (Å²) in [6, 6.07) is -0.0937. The Kier molecular flexibility index (Phi) is 7.66. The molecule has 2 atom stereocenters. The SMILES string of the molecule is COCCCC(=O)C1C[C@@H](CC(=O)CCO)CN1C(C)(C)C. The third-order valence-corrected chi connectivity index (χ3v) is 4.30. The normalized spacial score (nSPS) is 23.0. The van der Waals surface area contributed by atoms with Crippen molar-refractivity contribution in [2.45, 2.75) is 64.5 Å². The van der Waals surface area contributed by atoms with Crippen LogP contribution in [0.1, 0.15) is 52.9 Å². The van der Waals surface area contributed by atoms with Crippen molar-refractivity contribution in [3.05, 3.63) is 0 Å². The number of aliphatic hydroxyl groups excluding tert-OH is 1. The molecule has 128 valence electrons. The van der Waals surface area contributed by atoms with E-state index in [9.17, 15) is 9.59 Å². The largest absolute Gasteiger partial charge is 0.396 e. The smallest absolute Gasteiger partial charge is 0.150 e. The predicted octanol–water partition coefficient (Wildman–Crippen LogP) is 1.81. The molecule has 1 rings (SSSR count). The Morgan fingerprint density at radius 3 is 2.50 bits per heavy atom. The highest BCUT2D eigenvalue weighted by atomic mass is 16.5. The van der Waals surface area contributed by atoms with Crippen LogP contribution in [0.5, 0.6) is 0 Å². The molecule has 1 unspecified atom stereocenters. The summed E-state index contributed by atoms with van der Waals surface area (Å²) in [6.45, 7) is 7.63. The van der Waals surface area contributed by atoms with Crippen molar-refractivity contribution in [1.29, 1.82) is 0 Å². The highest BCUT2D eigenvalue weighted by Gasteiger charge is 2.41. The van der Waals surface area contributed by atoms with Crippen LogP contribution in [-0.4, -0.2) is 60.0 Å². The molecule has 5 nitrogen and oxygen atoms in total. The summed E-state index contributed by atoms with van der Waals surface area (Å²) in [5.74, 6) is 0.563. The second kappa shape index (κ2) is 8.75. The summed E-state index contributed by atoms with van der Waals surface area (Å²) >= 11 is 0. The zero-order valence-corrected chi connectivity index (χ0v) is 14.4. The van der Waals surface area contributed by atoms with Gasteiger partial charge in [0.2, 0.25) is 0 Å². The second-order valence-electron chi connectivity index (χ2n) is 7.22. The van der Waals surface area contributed by atoms with Crippen LogP contribution in [-0.2, 0) is 14.3 Å². The van der Waals surface area contributed by atoms with Gasteiger partial charge in [-0.3, -0.25) is 14.5 Å². The van der Waals surface area contributed by atoms with E-state index in [1.807, 2.05) is 0 Å². The first-order chi connectivity index (χ1) is 10.3. The maximum absolute atomic E-state index is 12.5. The summed E-state index contributed by atoms with van der Waals surface area (Å²) in [7, 11) is 1.64. The summed E-state index contributed by atoms with van der Waals surface area (Å²) in [5, 5.41) is 8.86. The van der Waals surface area contributed by atoms with Crippen molar-refractivity contribution >= 4 is 11.6 Å². The molecule has 22 heavy (non-hydrogen) atoms. The van der Waals surface area contributed by atoms with E-state index in [1.165, 1.54) is 0 Å². The quantitative estimate of drug-likeness (QED) is 0.658. The maximum Gasteiger partial charge on any atom is 0.150 e. The van der Waals surface area contributed by atoms with Gasteiger partial charge in [0.15, 0.2) is 0 Å². The standard InChI is InChI=1S/C17H31NO4/c1-17(2,3)18-12-13(10-14(20)7-8-19)11-15(18)16(21)6-5-9-22-4/h13,15,19H,5-12H2,1-4H3/t13-,15?/m1/s1. The summed E-state index contributed by atoms with van der Waals surface area (Å²) in [4.78, 5) is 26.5. The van der Waals surface area contributed by atoms with E-state index in [2.05, 4.69) is 25.7 Å².